The van der Waals surface area contributed by atoms with Gasteiger partial charge >= 0.3 is 0 Å². The van der Waals surface area contributed by atoms with Crippen LogP contribution in [0.3, 0.4) is 0 Å². The first-order chi connectivity index (χ1) is 6.81. The molecule has 0 aliphatic heterocycles. The van der Waals surface area contributed by atoms with Crippen LogP contribution in [0.25, 0.3) is 11.0 Å². The maximum atomic E-state index is 13.5. The molecule has 1 N–H and O–H groups in total. The molecule has 0 bridgehead atoms. The number of rotatable bonds is 3. The lowest BCUT2D eigenvalue weighted by molar-refractivity contribution is 0.604. The summed E-state index contributed by atoms with van der Waals surface area (Å²) in [5, 5.41) is 0. The largest absolute Gasteiger partial charge is 0.345 e. The number of aromatic nitrogens is 2. The molecule has 2 rings (SSSR count). The number of hydrogen-bond donors (Lipinski definition) is 1. The van der Waals surface area contributed by atoms with Crippen LogP contribution in [0.5, 0.6) is 0 Å². The van der Waals surface area contributed by atoms with Gasteiger partial charge in [-0.1, -0.05) is 6.92 Å². The molecule has 0 spiro atoms. The third kappa shape index (κ3) is 1.75. The average molecular weight is 210 g/mol. The van der Waals surface area contributed by atoms with Crippen LogP contribution >= 0.6 is 11.8 Å². The number of halogens is 1. The van der Waals surface area contributed by atoms with Crippen LogP contribution in [0.2, 0.25) is 0 Å². The Labute approximate surface area is 85.9 Å². The van der Waals surface area contributed by atoms with E-state index in [1.54, 1.807) is 12.4 Å². The molecule has 1 aromatic carbocycles. The fourth-order valence-electron chi connectivity index (χ4n) is 1.26. The lowest BCUT2D eigenvalue weighted by atomic mass is 10.3. The number of nitrogens with zero attached hydrogens (tertiary/aromatic N) is 1. The third-order valence-corrected chi connectivity index (χ3v) is 3.17. The van der Waals surface area contributed by atoms with Gasteiger partial charge < -0.3 is 4.98 Å². The van der Waals surface area contributed by atoms with Crippen molar-refractivity contribution in [1.82, 2.24) is 9.97 Å². The highest BCUT2D eigenvalue weighted by molar-refractivity contribution is 7.99. The smallest absolute Gasteiger partial charge is 0.138 e. The molecule has 1 aromatic heterocycles. The van der Waals surface area contributed by atoms with Gasteiger partial charge in [0.25, 0.3) is 0 Å². The molecule has 14 heavy (non-hydrogen) atoms. The van der Waals surface area contributed by atoms with Crippen LogP contribution < -0.4 is 0 Å². The number of hydrogen-bond acceptors (Lipinski definition) is 2. The van der Waals surface area contributed by atoms with Crippen LogP contribution in [0.15, 0.2) is 23.4 Å². The van der Waals surface area contributed by atoms with Gasteiger partial charge in [0, 0.05) is 11.0 Å². The van der Waals surface area contributed by atoms with E-state index >= 15 is 0 Å². The number of imidazole rings is 1. The second-order valence-corrected chi connectivity index (χ2v) is 4.19. The number of fused-ring (bicyclic) bond motifs is 1. The molecule has 1 heterocycles. The molecule has 0 atom stereocenters. The van der Waals surface area contributed by atoms with E-state index in [9.17, 15) is 4.39 Å². The summed E-state index contributed by atoms with van der Waals surface area (Å²) >= 11 is 1.54. The molecular weight excluding hydrogens is 199 g/mol. The Balaban J connectivity index is 2.38. The van der Waals surface area contributed by atoms with Crippen molar-refractivity contribution in [3.8, 4) is 0 Å². The first-order valence-corrected chi connectivity index (χ1v) is 5.55. The number of nitrogens with one attached hydrogen (secondary N) is 1. The highest BCUT2D eigenvalue weighted by Gasteiger charge is 2.05. The number of benzene rings is 1. The Hall–Kier alpha value is -1.03. The van der Waals surface area contributed by atoms with Crippen molar-refractivity contribution in [3.05, 3.63) is 24.3 Å². The minimum atomic E-state index is -0.166. The van der Waals surface area contributed by atoms with Gasteiger partial charge in [0.15, 0.2) is 0 Å². The van der Waals surface area contributed by atoms with E-state index in [0.29, 0.717) is 4.90 Å². The predicted octanol–water partition coefficient (Wildman–Crippen LogP) is 3.20. The van der Waals surface area contributed by atoms with E-state index in [4.69, 9.17) is 0 Å². The molecule has 0 saturated carbocycles. The molecular formula is C10H11FN2S. The molecule has 74 valence electrons. The van der Waals surface area contributed by atoms with Crippen LogP contribution in [0.4, 0.5) is 4.39 Å². The molecule has 0 aliphatic carbocycles. The van der Waals surface area contributed by atoms with Crippen molar-refractivity contribution >= 4 is 22.8 Å². The van der Waals surface area contributed by atoms with Crippen molar-refractivity contribution in [3.63, 3.8) is 0 Å². The second kappa shape index (κ2) is 4.00. The molecule has 0 aliphatic rings. The highest BCUT2D eigenvalue weighted by atomic mass is 32.2. The van der Waals surface area contributed by atoms with Crippen molar-refractivity contribution in [1.29, 1.82) is 0 Å². The van der Waals surface area contributed by atoms with E-state index in [0.717, 1.165) is 23.2 Å². The van der Waals surface area contributed by atoms with E-state index in [-0.39, 0.29) is 5.82 Å². The molecule has 2 aromatic rings. The first-order valence-electron chi connectivity index (χ1n) is 4.56. The van der Waals surface area contributed by atoms with E-state index in [2.05, 4.69) is 16.9 Å². The fourth-order valence-corrected chi connectivity index (χ4v) is 2.07. The van der Waals surface area contributed by atoms with Gasteiger partial charge in [-0.2, -0.15) is 0 Å². The molecule has 0 radical (unpaired) electrons. The highest BCUT2D eigenvalue weighted by Crippen LogP contribution is 2.25. The average Bonchev–Trinajstić information content (AvgIpc) is 2.61. The van der Waals surface area contributed by atoms with Crippen LogP contribution in [0, 0.1) is 5.82 Å². The fraction of sp³-hybridized carbons (Fsp3) is 0.300. The Bertz CT molecular complexity index is 439. The topological polar surface area (TPSA) is 28.7 Å². The molecule has 0 amide bonds. The number of aromatic amines is 1. The normalized spacial score (nSPS) is 11.0. The Kier molecular flexibility index (Phi) is 2.72. The SMILES string of the molecule is CCCSc1cc2nc[nH]c2cc1F. The Morgan fingerprint density at radius 2 is 2.36 bits per heavy atom. The molecule has 0 unspecified atom stereocenters. The standard InChI is InChI=1S/C10H11FN2S/c1-2-3-14-10-5-9-8(4-7(10)11)12-6-13-9/h4-6H,2-3H2,1H3,(H,12,13). The summed E-state index contributed by atoms with van der Waals surface area (Å²) < 4.78 is 13.5. The molecule has 2 nitrogen and oxygen atoms in total. The van der Waals surface area contributed by atoms with Gasteiger partial charge in [0.05, 0.1) is 17.4 Å². The van der Waals surface area contributed by atoms with Gasteiger partial charge in [-0.3, -0.25) is 0 Å². The summed E-state index contributed by atoms with van der Waals surface area (Å²) in [6, 6.07) is 3.29. The summed E-state index contributed by atoms with van der Waals surface area (Å²) in [5.74, 6) is 0.771. The predicted molar refractivity (Wildman–Crippen MR) is 57.1 cm³/mol. The van der Waals surface area contributed by atoms with Gasteiger partial charge in [0.1, 0.15) is 5.82 Å². The van der Waals surface area contributed by atoms with E-state index in [1.165, 1.54) is 17.8 Å². The van der Waals surface area contributed by atoms with Crippen molar-refractivity contribution in [2.75, 3.05) is 5.75 Å². The number of thioether (sulfide) groups is 1. The second-order valence-electron chi connectivity index (χ2n) is 3.05. The van der Waals surface area contributed by atoms with Crippen LogP contribution in [-0.4, -0.2) is 15.7 Å². The minimum Gasteiger partial charge on any atom is -0.345 e. The Morgan fingerprint density at radius 1 is 1.50 bits per heavy atom. The van der Waals surface area contributed by atoms with Gasteiger partial charge in [-0.05, 0) is 18.2 Å². The van der Waals surface area contributed by atoms with Crippen molar-refractivity contribution in [2.24, 2.45) is 0 Å². The monoisotopic (exact) mass is 210 g/mol. The zero-order chi connectivity index (χ0) is 9.97. The maximum Gasteiger partial charge on any atom is 0.138 e. The van der Waals surface area contributed by atoms with Gasteiger partial charge in [-0.15, -0.1) is 11.8 Å². The first kappa shape index (κ1) is 9.52. The summed E-state index contributed by atoms with van der Waals surface area (Å²) in [6.07, 6.45) is 2.63. The van der Waals surface area contributed by atoms with Crippen LogP contribution in [-0.2, 0) is 0 Å². The van der Waals surface area contributed by atoms with Crippen LogP contribution in [0.1, 0.15) is 13.3 Å². The molecule has 4 heteroatoms. The quantitative estimate of drug-likeness (QED) is 0.788. The van der Waals surface area contributed by atoms with Gasteiger partial charge in [-0.25, -0.2) is 9.37 Å². The summed E-state index contributed by atoms with van der Waals surface area (Å²) in [6.45, 7) is 2.08. The maximum absolute atomic E-state index is 13.5. The summed E-state index contributed by atoms with van der Waals surface area (Å²) in [5.41, 5.74) is 1.58. The Morgan fingerprint density at radius 3 is 3.14 bits per heavy atom. The zero-order valence-corrected chi connectivity index (χ0v) is 8.70. The summed E-state index contributed by atoms with van der Waals surface area (Å²) in [7, 11) is 0. The zero-order valence-electron chi connectivity index (χ0n) is 7.88. The van der Waals surface area contributed by atoms with E-state index in [1.807, 2.05) is 0 Å². The lowest BCUT2D eigenvalue weighted by Crippen LogP contribution is -1.83. The number of H-pyrrole nitrogens is 1. The van der Waals surface area contributed by atoms with Gasteiger partial charge in [0.2, 0.25) is 0 Å². The minimum absolute atomic E-state index is 0.166. The van der Waals surface area contributed by atoms with Crippen molar-refractivity contribution < 1.29 is 4.39 Å². The molecule has 0 saturated heterocycles. The van der Waals surface area contributed by atoms with E-state index < -0.39 is 0 Å². The molecule has 0 fully saturated rings. The summed E-state index contributed by atoms with van der Waals surface area (Å²) in [4.78, 5) is 7.66. The lowest BCUT2D eigenvalue weighted by Gasteiger charge is -2.01. The third-order valence-electron chi connectivity index (χ3n) is 1.94. The van der Waals surface area contributed by atoms with Crippen molar-refractivity contribution in [2.45, 2.75) is 18.2 Å².